The monoisotopic (exact) mass is 705 g/mol. The minimum atomic E-state index is -0.243. The topological polar surface area (TPSA) is 83.5 Å². The lowest BCUT2D eigenvalue weighted by atomic mass is 10.1. The first-order chi connectivity index (χ1) is 23.9. The van der Waals surface area contributed by atoms with Gasteiger partial charge in [0.05, 0.1) is 16.8 Å². The Bertz CT molecular complexity index is 2370. The van der Waals surface area contributed by atoms with Crippen molar-refractivity contribution in [2.45, 2.75) is 20.0 Å². The van der Waals surface area contributed by atoms with E-state index in [-0.39, 0.29) is 5.56 Å². The van der Waals surface area contributed by atoms with Crippen molar-refractivity contribution in [2.24, 2.45) is 0 Å². The van der Waals surface area contributed by atoms with Crippen LogP contribution >= 0.6 is 34.5 Å². The molecular formula is C38H29Cl2N5O3S. The predicted octanol–water partition coefficient (Wildman–Crippen LogP) is 8.40. The van der Waals surface area contributed by atoms with Crippen LogP contribution in [0.15, 0.2) is 108 Å². The number of hydrogen-bond donors (Lipinski definition) is 0. The van der Waals surface area contributed by atoms with E-state index in [0.29, 0.717) is 50.0 Å². The van der Waals surface area contributed by atoms with E-state index in [9.17, 15) is 4.79 Å². The van der Waals surface area contributed by atoms with Gasteiger partial charge in [0, 0.05) is 32.9 Å². The molecule has 0 unspecified atom stereocenters. The van der Waals surface area contributed by atoms with Crippen molar-refractivity contribution in [1.29, 1.82) is 0 Å². The Morgan fingerprint density at radius 1 is 0.857 bits per heavy atom. The Kier molecular flexibility index (Phi) is 9.56. The van der Waals surface area contributed by atoms with E-state index in [4.69, 9.17) is 37.8 Å². The molecule has 0 aliphatic rings. The van der Waals surface area contributed by atoms with Crippen LogP contribution in [0.25, 0.3) is 40.1 Å². The molecule has 0 radical (unpaired) electrons. The second-order valence-electron chi connectivity index (χ2n) is 11.1. The van der Waals surface area contributed by atoms with Crippen molar-refractivity contribution in [3.63, 3.8) is 0 Å². The van der Waals surface area contributed by atoms with Crippen molar-refractivity contribution >= 4 is 57.7 Å². The largest absolute Gasteiger partial charge is 0.494 e. The summed E-state index contributed by atoms with van der Waals surface area (Å²) in [5.74, 6) is 1.97. The number of para-hydroxylation sites is 1. The number of nitrogens with zero attached hydrogens (tertiary/aromatic N) is 5. The van der Waals surface area contributed by atoms with Gasteiger partial charge in [-0.2, -0.15) is 14.6 Å². The average molecular weight is 707 g/mol. The molecule has 4 aromatic carbocycles. The zero-order valence-corrected chi connectivity index (χ0v) is 28.6. The molecule has 0 bridgehead atoms. The lowest BCUT2D eigenvalue weighted by Crippen LogP contribution is -2.23. The maximum absolute atomic E-state index is 13.5. The highest BCUT2D eigenvalue weighted by Gasteiger charge is 2.14. The Labute approximate surface area is 296 Å². The van der Waals surface area contributed by atoms with Gasteiger partial charge in [-0.1, -0.05) is 83.9 Å². The molecule has 0 fully saturated rings. The maximum Gasteiger partial charge on any atom is 0.291 e. The molecule has 7 aromatic rings. The van der Waals surface area contributed by atoms with Gasteiger partial charge >= 0.3 is 0 Å². The molecule has 0 amide bonds. The number of fused-ring (bicyclic) bond motifs is 1. The number of benzene rings is 4. The van der Waals surface area contributed by atoms with Crippen molar-refractivity contribution in [3.05, 3.63) is 151 Å². The smallest absolute Gasteiger partial charge is 0.291 e. The number of rotatable bonds is 11. The van der Waals surface area contributed by atoms with E-state index in [1.54, 1.807) is 22.9 Å². The highest BCUT2D eigenvalue weighted by Crippen LogP contribution is 2.28. The normalized spacial score (nSPS) is 11.9. The van der Waals surface area contributed by atoms with Crippen LogP contribution in [0.4, 0.5) is 0 Å². The molecule has 3 aromatic heterocycles. The van der Waals surface area contributed by atoms with Crippen LogP contribution in [0.1, 0.15) is 35.9 Å². The number of aromatic nitrogens is 5. The number of thiazole rings is 1. The Hall–Kier alpha value is -5.22. The zero-order chi connectivity index (χ0) is 33.7. The molecule has 0 N–H and O–H groups in total. The lowest BCUT2D eigenvalue weighted by Gasteiger charge is -2.09. The summed E-state index contributed by atoms with van der Waals surface area (Å²) in [6.45, 7) is 3.06. The highest BCUT2D eigenvalue weighted by atomic mass is 35.5. The van der Waals surface area contributed by atoms with Gasteiger partial charge < -0.3 is 9.47 Å². The molecule has 0 saturated carbocycles. The third-order valence-electron chi connectivity index (χ3n) is 7.56. The SMILES string of the molecule is CCCOc1ccc(/C=C/c2nc3s/c(=C\c4cn(-c5ccccc5)nc4-c4ccc(OCc5ccc(Cl)cc5Cl)cc4)c(=O)n3n2)cc1. The number of hydrogen-bond acceptors (Lipinski definition) is 7. The summed E-state index contributed by atoms with van der Waals surface area (Å²) in [7, 11) is 0. The molecule has 7 rings (SSSR count). The summed E-state index contributed by atoms with van der Waals surface area (Å²) in [6.07, 6.45) is 8.42. The molecule has 0 spiro atoms. The molecule has 244 valence electrons. The van der Waals surface area contributed by atoms with Gasteiger partial charge in [0.2, 0.25) is 4.96 Å². The average Bonchev–Trinajstić information content (AvgIpc) is 3.81. The lowest BCUT2D eigenvalue weighted by molar-refractivity contribution is 0.306. The van der Waals surface area contributed by atoms with Crippen molar-refractivity contribution in [1.82, 2.24) is 24.4 Å². The third kappa shape index (κ3) is 7.44. The van der Waals surface area contributed by atoms with Crippen molar-refractivity contribution in [3.8, 4) is 28.4 Å². The molecule has 0 saturated heterocycles. The van der Waals surface area contributed by atoms with Crippen LogP contribution in [0.5, 0.6) is 11.5 Å². The van der Waals surface area contributed by atoms with Crippen LogP contribution < -0.4 is 19.6 Å². The maximum atomic E-state index is 13.5. The van der Waals surface area contributed by atoms with E-state index in [1.807, 2.05) is 103 Å². The van der Waals surface area contributed by atoms with Gasteiger partial charge in [-0.05, 0) is 84.8 Å². The van der Waals surface area contributed by atoms with Gasteiger partial charge in [0.25, 0.3) is 5.56 Å². The minimum Gasteiger partial charge on any atom is -0.494 e. The Morgan fingerprint density at radius 3 is 2.35 bits per heavy atom. The molecule has 8 nitrogen and oxygen atoms in total. The fourth-order valence-electron chi connectivity index (χ4n) is 5.07. The van der Waals surface area contributed by atoms with Gasteiger partial charge in [0.15, 0.2) is 5.82 Å². The first kappa shape index (κ1) is 32.3. The summed E-state index contributed by atoms with van der Waals surface area (Å²) >= 11 is 13.6. The standard InChI is InChI=1S/C38H29Cl2N5O3S/c1-2-20-47-31-15-8-25(9-16-31)10-19-35-41-38-45(42-35)37(46)34(49-38)21-28-23-44(30-6-4-3-5-7-30)43-36(28)26-12-17-32(18-13-26)48-24-27-11-14-29(39)22-33(27)40/h3-19,21-23H,2,20,24H2,1H3/b19-10+,34-21-. The minimum absolute atomic E-state index is 0.243. The van der Waals surface area contributed by atoms with Gasteiger partial charge in [-0.3, -0.25) is 4.79 Å². The summed E-state index contributed by atoms with van der Waals surface area (Å²) in [4.78, 5) is 18.6. The third-order valence-corrected chi connectivity index (χ3v) is 9.11. The summed E-state index contributed by atoms with van der Waals surface area (Å²) in [5, 5.41) is 10.5. The number of halogens is 2. The van der Waals surface area contributed by atoms with Crippen molar-refractivity contribution < 1.29 is 9.47 Å². The first-order valence-electron chi connectivity index (χ1n) is 15.6. The Balaban J connectivity index is 1.16. The van der Waals surface area contributed by atoms with Gasteiger partial charge in [-0.25, -0.2) is 4.68 Å². The molecule has 0 aliphatic carbocycles. The van der Waals surface area contributed by atoms with Gasteiger partial charge in [-0.15, -0.1) is 5.10 Å². The fourth-order valence-corrected chi connectivity index (χ4v) is 6.43. The second-order valence-corrected chi connectivity index (χ2v) is 12.9. The molecule has 0 atom stereocenters. The van der Waals surface area contributed by atoms with E-state index < -0.39 is 0 Å². The van der Waals surface area contributed by atoms with Crippen LogP contribution in [-0.4, -0.2) is 31.0 Å². The van der Waals surface area contributed by atoms with Crippen LogP contribution in [-0.2, 0) is 6.61 Å². The van der Waals surface area contributed by atoms with Crippen molar-refractivity contribution in [2.75, 3.05) is 6.61 Å². The van der Waals surface area contributed by atoms with Crippen LogP contribution in [0.2, 0.25) is 10.0 Å². The number of ether oxygens (including phenoxy) is 2. The van der Waals surface area contributed by atoms with E-state index >= 15 is 0 Å². The van der Waals surface area contributed by atoms with E-state index in [1.165, 1.54) is 15.9 Å². The summed E-state index contributed by atoms with van der Waals surface area (Å²) in [6, 6.07) is 30.6. The summed E-state index contributed by atoms with van der Waals surface area (Å²) < 4.78 is 15.3. The van der Waals surface area contributed by atoms with E-state index in [2.05, 4.69) is 17.0 Å². The molecule has 49 heavy (non-hydrogen) atoms. The molecule has 3 heterocycles. The molecule has 11 heteroatoms. The first-order valence-corrected chi connectivity index (χ1v) is 17.2. The summed E-state index contributed by atoms with van der Waals surface area (Å²) in [5.41, 5.74) is 4.82. The quantitative estimate of drug-likeness (QED) is 0.134. The molecule has 0 aliphatic heterocycles. The predicted molar refractivity (Wildman–Crippen MR) is 197 cm³/mol. The van der Waals surface area contributed by atoms with E-state index in [0.717, 1.165) is 40.1 Å². The van der Waals surface area contributed by atoms with Crippen LogP contribution in [0.3, 0.4) is 0 Å². The Morgan fingerprint density at radius 2 is 1.61 bits per heavy atom. The van der Waals surface area contributed by atoms with Gasteiger partial charge in [0.1, 0.15) is 23.8 Å². The van der Waals surface area contributed by atoms with Crippen LogP contribution in [0, 0.1) is 0 Å². The highest BCUT2D eigenvalue weighted by molar-refractivity contribution is 7.15. The second kappa shape index (κ2) is 14.5. The zero-order valence-electron chi connectivity index (χ0n) is 26.3. The molecular weight excluding hydrogens is 677 g/mol. The fraction of sp³-hybridized carbons (Fsp3) is 0.105.